The Hall–Kier alpha value is -1.00. The van der Waals surface area contributed by atoms with Gasteiger partial charge in [-0.1, -0.05) is 0 Å². The summed E-state index contributed by atoms with van der Waals surface area (Å²) in [7, 11) is -2.06. The molecule has 0 aliphatic heterocycles. The topological polar surface area (TPSA) is 134 Å². The van der Waals surface area contributed by atoms with E-state index in [1.54, 1.807) is 0 Å². The van der Waals surface area contributed by atoms with Crippen molar-refractivity contribution < 1.29 is 14.4 Å². The Morgan fingerprint density at radius 1 is 0.958 bits per heavy atom. The molecule has 0 aromatic rings. The number of carbonyl (C=O) groups is 2. The van der Waals surface area contributed by atoms with E-state index in [0.29, 0.717) is 52.1 Å². The molecule has 24 heavy (non-hydrogen) atoms. The number of carbonyl (C=O) groups excluding carboxylic acids is 2. The zero-order valence-corrected chi connectivity index (χ0v) is 16.1. The number of nitrogens with zero attached hydrogens (tertiary/aromatic N) is 1. The second kappa shape index (κ2) is 13.3. The molecule has 0 radical (unpaired) electrons. The maximum absolute atomic E-state index is 11.7. The summed E-state index contributed by atoms with van der Waals surface area (Å²) < 4.78 is 0. The summed E-state index contributed by atoms with van der Waals surface area (Å²) >= 11 is 0. The number of rotatable bonds is 14. The van der Waals surface area contributed by atoms with Crippen LogP contribution in [0.4, 0.5) is 0 Å². The minimum absolute atomic E-state index is 0.0325. The van der Waals surface area contributed by atoms with Gasteiger partial charge in [0.15, 0.2) is 8.32 Å². The zero-order valence-electron chi connectivity index (χ0n) is 15.1. The average Bonchev–Trinajstić information content (AvgIpc) is 2.51. The number of nitrogens with two attached hydrogens (primary N) is 2. The van der Waals surface area contributed by atoms with Crippen molar-refractivity contribution >= 4 is 20.1 Å². The van der Waals surface area contributed by atoms with Crippen LogP contribution in [0.3, 0.4) is 0 Å². The van der Waals surface area contributed by atoms with Gasteiger partial charge < -0.3 is 31.8 Å². The van der Waals surface area contributed by atoms with Crippen LogP contribution >= 0.6 is 0 Å². The first-order chi connectivity index (χ1) is 11.3. The Morgan fingerprint density at radius 3 is 1.79 bits per heavy atom. The predicted molar refractivity (Wildman–Crippen MR) is 98.9 cm³/mol. The van der Waals surface area contributed by atoms with E-state index >= 15 is 0 Å². The van der Waals surface area contributed by atoms with Crippen molar-refractivity contribution in [2.24, 2.45) is 11.5 Å². The molecule has 2 amide bonds. The zero-order chi connectivity index (χ0) is 18.4. The first-order valence-corrected chi connectivity index (χ1v) is 11.8. The number of nitrogens with one attached hydrogen (secondary N) is 2. The second-order valence-electron chi connectivity index (χ2n) is 6.53. The highest BCUT2D eigenvalue weighted by Gasteiger charge is 2.17. The van der Waals surface area contributed by atoms with Gasteiger partial charge in [0, 0.05) is 52.1 Å². The molecule has 9 heteroatoms. The Bertz CT molecular complexity index is 340. The number of hydrogen-bond donors (Lipinski definition) is 5. The highest BCUT2D eigenvalue weighted by molar-refractivity contribution is 6.69. The van der Waals surface area contributed by atoms with Crippen LogP contribution in [0.1, 0.15) is 19.3 Å². The molecule has 0 aliphatic rings. The standard InChI is InChI=1S/C15H35N5O3Si/c1-24(2,23)13-3-10-20(11-4-14(21)18-8-6-16)12-5-15(22)19-9-7-17/h23H,3-13,16-17H2,1-2H3,(H,18,21)(H,19,22). The van der Waals surface area contributed by atoms with Gasteiger partial charge in [-0.3, -0.25) is 9.59 Å². The SMILES string of the molecule is C[Si](C)(O)CCCN(CCC(=O)NCCN)CCC(=O)NCCN. The predicted octanol–water partition coefficient (Wildman–Crippen LogP) is -1.19. The fraction of sp³-hybridized carbons (Fsp3) is 0.867. The van der Waals surface area contributed by atoms with Crippen LogP contribution < -0.4 is 22.1 Å². The van der Waals surface area contributed by atoms with Crippen molar-refractivity contribution in [1.82, 2.24) is 15.5 Å². The third kappa shape index (κ3) is 14.6. The van der Waals surface area contributed by atoms with Crippen molar-refractivity contribution in [2.75, 3.05) is 45.8 Å². The molecule has 0 atom stereocenters. The van der Waals surface area contributed by atoms with Crippen molar-refractivity contribution in [3.05, 3.63) is 0 Å². The van der Waals surface area contributed by atoms with E-state index in [0.717, 1.165) is 19.0 Å². The largest absolute Gasteiger partial charge is 0.432 e. The van der Waals surface area contributed by atoms with Gasteiger partial charge in [-0.2, -0.15) is 0 Å². The third-order valence-corrected chi connectivity index (χ3v) is 5.08. The van der Waals surface area contributed by atoms with Crippen LogP contribution in [-0.2, 0) is 9.59 Å². The van der Waals surface area contributed by atoms with Gasteiger partial charge in [-0.05, 0) is 32.1 Å². The minimum atomic E-state index is -2.06. The minimum Gasteiger partial charge on any atom is -0.432 e. The van der Waals surface area contributed by atoms with Crippen LogP contribution in [0.25, 0.3) is 0 Å². The van der Waals surface area contributed by atoms with E-state index in [-0.39, 0.29) is 11.8 Å². The van der Waals surface area contributed by atoms with Crippen molar-refractivity contribution in [3.63, 3.8) is 0 Å². The third-order valence-electron chi connectivity index (χ3n) is 3.51. The van der Waals surface area contributed by atoms with Crippen molar-refractivity contribution in [1.29, 1.82) is 0 Å². The van der Waals surface area contributed by atoms with Gasteiger partial charge in [-0.25, -0.2) is 0 Å². The van der Waals surface area contributed by atoms with E-state index in [2.05, 4.69) is 15.5 Å². The highest BCUT2D eigenvalue weighted by Crippen LogP contribution is 2.09. The lowest BCUT2D eigenvalue weighted by Crippen LogP contribution is -2.37. The van der Waals surface area contributed by atoms with E-state index < -0.39 is 8.32 Å². The maximum atomic E-state index is 11.7. The quantitative estimate of drug-likeness (QED) is 0.247. The molecule has 0 unspecified atom stereocenters. The van der Waals surface area contributed by atoms with E-state index in [4.69, 9.17) is 11.5 Å². The number of amides is 2. The van der Waals surface area contributed by atoms with Gasteiger partial charge in [0.05, 0.1) is 0 Å². The van der Waals surface area contributed by atoms with Gasteiger partial charge in [0.2, 0.25) is 11.8 Å². The van der Waals surface area contributed by atoms with Crippen LogP contribution in [0.2, 0.25) is 19.1 Å². The van der Waals surface area contributed by atoms with Gasteiger partial charge in [0.1, 0.15) is 0 Å². The molecule has 142 valence electrons. The summed E-state index contributed by atoms with van der Waals surface area (Å²) in [4.78, 5) is 35.4. The molecule has 0 fully saturated rings. The molecule has 7 N–H and O–H groups in total. The lowest BCUT2D eigenvalue weighted by atomic mass is 10.3. The maximum Gasteiger partial charge on any atom is 0.221 e. The lowest BCUT2D eigenvalue weighted by molar-refractivity contribution is -0.121. The van der Waals surface area contributed by atoms with Gasteiger partial charge in [-0.15, -0.1) is 0 Å². The molecule has 0 aromatic heterocycles. The summed E-state index contributed by atoms with van der Waals surface area (Å²) in [6, 6.07) is 0.808. The Labute approximate surface area is 146 Å². The van der Waals surface area contributed by atoms with Gasteiger partial charge in [0.25, 0.3) is 0 Å². The van der Waals surface area contributed by atoms with Gasteiger partial charge >= 0.3 is 0 Å². The summed E-state index contributed by atoms with van der Waals surface area (Å²) in [6.07, 6.45) is 1.62. The first kappa shape index (κ1) is 23.0. The van der Waals surface area contributed by atoms with Crippen molar-refractivity contribution in [2.45, 2.75) is 38.4 Å². The summed E-state index contributed by atoms with van der Waals surface area (Å²) in [5.74, 6) is -0.0650. The average molecular weight is 362 g/mol. The van der Waals surface area contributed by atoms with Crippen LogP contribution in [0.15, 0.2) is 0 Å². The molecule has 0 rings (SSSR count). The van der Waals surface area contributed by atoms with Crippen LogP contribution in [0.5, 0.6) is 0 Å². The molecule has 0 heterocycles. The molecule has 0 aliphatic carbocycles. The molecule has 0 bridgehead atoms. The Kier molecular flexibility index (Phi) is 12.7. The molecule has 0 saturated heterocycles. The van der Waals surface area contributed by atoms with E-state index in [9.17, 15) is 14.4 Å². The first-order valence-electron chi connectivity index (χ1n) is 8.66. The molecule has 0 saturated carbocycles. The van der Waals surface area contributed by atoms with E-state index in [1.807, 2.05) is 13.1 Å². The second-order valence-corrected chi connectivity index (χ2v) is 10.7. The molecule has 0 aromatic carbocycles. The highest BCUT2D eigenvalue weighted by atomic mass is 28.4. The lowest BCUT2D eigenvalue weighted by Gasteiger charge is -2.23. The summed E-state index contributed by atoms with van der Waals surface area (Å²) in [5.41, 5.74) is 10.7. The molecule has 0 spiro atoms. The number of hydrogen-bond acceptors (Lipinski definition) is 6. The Balaban J connectivity index is 4.26. The van der Waals surface area contributed by atoms with Crippen molar-refractivity contribution in [3.8, 4) is 0 Å². The monoisotopic (exact) mass is 361 g/mol. The fourth-order valence-electron chi connectivity index (χ4n) is 2.19. The smallest absolute Gasteiger partial charge is 0.221 e. The molecule has 8 nitrogen and oxygen atoms in total. The fourth-order valence-corrected chi connectivity index (χ4v) is 3.21. The molecular weight excluding hydrogens is 326 g/mol. The van der Waals surface area contributed by atoms with Crippen LogP contribution in [0, 0.1) is 0 Å². The Morgan fingerprint density at radius 2 is 1.42 bits per heavy atom. The molecular formula is C15H35N5O3Si. The van der Waals surface area contributed by atoms with E-state index in [1.165, 1.54) is 0 Å². The summed E-state index contributed by atoms with van der Waals surface area (Å²) in [5, 5.41) is 5.49. The van der Waals surface area contributed by atoms with Crippen LogP contribution in [-0.4, -0.2) is 75.6 Å². The normalized spacial score (nSPS) is 11.6. The summed E-state index contributed by atoms with van der Waals surface area (Å²) in [6.45, 7) is 7.58.